The normalized spacial score (nSPS) is 18.2. The molecule has 0 fully saturated rings. The van der Waals surface area contributed by atoms with Gasteiger partial charge < -0.3 is 14.2 Å². The topological polar surface area (TPSA) is 27.7 Å². The number of hydrogen-bond acceptors (Lipinski definition) is 3. The molecular formula is C33H34O3. The van der Waals surface area contributed by atoms with Crippen molar-refractivity contribution in [2.45, 2.75) is 58.3 Å². The molecule has 0 aromatic heterocycles. The van der Waals surface area contributed by atoms with Gasteiger partial charge in [-0.1, -0.05) is 68.4 Å². The zero-order chi connectivity index (χ0) is 25.1. The van der Waals surface area contributed by atoms with E-state index >= 15 is 0 Å². The van der Waals surface area contributed by atoms with Gasteiger partial charge in [-0.2, -0.15) is 0 Å². The van der Waals surface area contributed by atoms with Crippen molar-refractivity contribution < 1.29 is 14.2 Å². The molecule has 4 aromatic carbocycles. The fraction of sp³-hybridized carbons (Fsp3) is 0.273. The Bertz CT molecular complexity index is 1300. The molecule has 0 amide bonds. The monoisotopic (exact) mass is 478 g/mol. The van der Waals surface area contributed by atoms with Crippen molar-refractivity contribution in [1.29, 1.82) is 0 Å². The van der Waals surface area contributed by atoms with Gasteiger partial charge >= 0.3 is 0 Å². The number of fused-ring (bicyclic) bond motifs is 3. The van der Waals surface area contributed by atoms with Crippen LogP contribution in [0.25, 0.3) is 16.8 Å². The van der Waals surface area contributed by atoms with Crippen LogP contribution in [-0.2, 0) is 5.60 Å². The molecule has 184 valence electrons. The summed E-state index contributed by atoms with van der Waals surface area (Å²) in [5.74, 6) is 2.61. The van der Waals surface area contributed by atoms with Crippen LogP contribution in [-0.4, -0.2) is 12.2 Å². The molecule has 36 heavy (non-hydrogen) atoms. The second-order valence-corrected chi connectivity index (χ2v) is 9.59. The molecule has 0 N–H and O–H groups in total. The summed E-state index contributed by atoms with van der Waals surface area (Å²) in [7, 11) is 0. The summed E-state index contributed by atoms with van der Waals surface area (Å²) in [4.78, 5) is 0. The van der Waals surface area contributed by atoms with E-state index in [-0.39, 0.29) is 12.2 Å². The van der Waals surface area contributed by atoms with E-state index in [1.54, 1.807) is 0 Å². The maximum absolute atomic E-state index is 6.92. The van der Waals surface area contributed by atoms with Gasteiger partial charge in [0.25, 0.3) is 0 Å². The Morgan fingerprint density at radius 1 is 0.694 bits per heavy atom. The third kappa shape index (κ3) is 4.58. The second kappa shape index (κ2) is 10.1. The van der Waals surface area contributed by atoms with Gasteiger partial charge in [-0.05, 0) is 79.9 Å². The fourth-order valence-electron chi connectivity index (χ4n) is 4.62. The highest BCUT2D eigenvalue weighted by Crippen LogP contribution is 2.44. The van der Waals surface area contributed by atoms with Crippen molar-refractivity contribution in [3.8, 4) is 17.2 Å². The number of ether oxygens (including phenoxy) is 3. The van der Waals surface area contributed by atoms with E-state index < -0.39 is 5.60 Å². The minimum atomic E-state index is -0.765. The highest BCUT2D eigenvalue weighted by atomic mass is 16.5. The van der Waals surface area contributed by atoms with Crippen LogP contribution in [0.4, 0.5) is 0 Å². The Morgan fingerprint density at radius 3 is 1.81 bits per heavy atom. The standard InChI is InChI=1S/C33H34O3/c1-5-23(3)34-28-16-12-26(13-17-28)33(27-14-18-29(19-15-27)35-24(4)6-2)22-21-31-30-10-8-7-9-25(30)11-20-32(31)36-33/h7-24H,5-6H2,1-4H3. The van der Waals surface area contributed by atoms with Crippen molar-refractivity contribution in [3.63, 3.8) is 0 Å². The Kier molecular flexibility index (Phi) is 6.73. The SMILES string of the molecule is CCC(C)Oc1ccc(C2(c3ccc(OC(C)CC)cc3)C=Cc3c(ccc4ccccc34)O2)cc1. The lowest BCUT2D eigenvalue weighted by molar-refractivity contribution is 0.160. The molecule has 1 heterocycles. The average Bonchev–Trinajstić information content (AvgIpc) is 2.93. The lowest BCUT2D eigenvalue weighted by atomic mass is 9.83. The zero-order valence-corrected chi connectivity index (χ0v) is 21.5. The van der Waals surface area contributed by atoms with Gasteiger partial charge in [0.05, 0.1) is 12.2 Å². The molecule has 0 radical (unpaired) electrons. The average molecular weight is 479 g/mol. The van der Waals surface area contributed by atoms with E-state index in [9.17, 15) is 0 Å². The summed E-state index contributed by atoms with van der Waals surface area (Å²) in [5, 5.41) is 2.39. The molecule has 1 aliphatic heterocycles. The molecule has 0 saturated carbocycles. The lowest BCUT2D eigenvalue weighted by Crippen LogP contribution is -2.34. The van der Waals surface area contributed by atoms with Crippen molar-refractivity contribution in [3.05, 3.63) is 108 Å². The summed E-state index contributed by atoms with van der Waals surface area (Å²) in [6, 6.07) is 29.2. The quantitative estimate of drug-likeness (QED) is 0.254. The highest BCUT2D eigenvalue weighted by molar-refractivity contribution is 5.94. The van der Waals surface area contributed by atoms with E-state index in [0.717, 1.165) is 46.8 Å². The molecule has 3 nitrogen and oxygen atoms in total. The van der Waals surface area contributed by atoms with Crippen LogP contribution in [0.3, 0.4) is 0 Å². The lowest BCUT2D eigenvalue weighted by Gasteiger charge is -2.36. The summed E-state index contributed by atoms with van der Waals surface area (Å²) >= 11 is 0. The molecular weight excluding hydrogens is 444 g/mol. The number of rotatable bonds is 8. The molecule has 0 saturated heterocycles. The number of benzene rings is 4. The van der Waals surface area contributed by atoms with Crippen LogP contribution in [0.1, 0.15) is 57.2 Å². The third-order valence-corrected chi connectivity index (χ3v) is 7.08. The molecule has 4 aromatic rings. The molecule has 0 bridgehead atoms. The van der Waals surface area contributed by atoms with Crippen LogP contribution >= 0.6 is 0 Å². The van der Waals surface area contributed by atoms with Gasteiger partial charge in [0.15, 0.2) is 5.60 Å². The first kappa shape index (κ1) is 24.0. The van der Waals surface area contributed by atoms with Crippen molar-refractivity contribution in [2.24, 2.45) is 0 Å². The molecule has 2 atom stereocenters. The third-order valence-electron chi connectivity index (χ3n) is 7.08. The first-order valence-corrected chi connectivity index (χ1v) is 13.0. The van der Waals surface area contributed by atoms with Gasteiger partial charge in [-0.15, -0.1) is 0 Å². The van der Waals surface area contributed by atoms with Crippen molar-refractivity contribution in [2.75, 3.05) is 0 Å². The second-order valence-electron chi connectivity index (χ2n) is 9.59. The van der Waals surface area contributed by atoms with E-state index in [4.69, 9.17) is 14.2 Å². The molecule has 2 unspecified atom stereocenters. The summed E-state index contributed by atoms with van der Waals surface area (Å²) in [6.07, 6.45) is 6.66. The first-order valence-electron chi connectivity index (χ1n) is 13.0. The molecule has 3 heteroatoms. The summed E-state index contributed by atoms with van der Waals surface area (Å²) < 4.78 is 19.0. The predicted molar refractivity (Wildman–Crippen MR) is 148 cm³/mol. The maximum Gasteiger partial charge on any atom is 0.178 e. The fourth-order valence-corrected chi connectivity index (χ4v) is 4.62. The number of hydrogen-bond donors (Lipinski definition) is 0. The van der Waals surface area contributed by atoms with Crippen LogP contribution in [0.15, 0.2) is 91.0 Å². The van der Waals surface area contributed by atoms with Crippen LogP contribution in [0.5, 0.6) is 17.2 Å². The zero-order valence-electron chi connectivity index (χ0n) is 21.5. The van der Waals surface area contributed by atoms with E-state index in [1.165, 1.54) is 10.8 Å². The Hall–Kier alpha value is -3.72. The van der Waals surface area contributed by atoms with Gasteiger partial charge in [0.1, 0.15) is 17.2 Å². The maximum atomic E-state index is 6.92. The Morgan fingerprint density at radius 2 is 1.25 bits per heavy atom. The van der Waals surface area contributed by atoms with Crippen molar-refractivity contribution in [1.82, 2.24) is 0 Å². The molecule has 5 rings (SSSR count). The van der Waals surface area contributed by atoms with Gasteiger partial charge in [-0.25, -0.2) is 0 Å². The van der Waals surface area contributed by atoms with E-state index in [1.807, 2.05) is 24.3 Å². The van der Waals surface area contributed by atoms with Crippen LogP contribution in [0.2, 0.25) is 0 Å². The highest BCUT2D eigenvalue weighted by Gasteiger charge is 2.37. The summed E-state index contributed by atoms with van der Waals surface area (Å²) in [6.45, 7) is 8.44. The van der Waals surface area contributed by atoms with E-state index in [2.05, 4.69) is 101 Å². The van der Waals surface area contributed by atoms with Crippen LogP contribution in [0, 0.1) is 0 Å². The molecule has 0 spiro atoms. The van der Waals surface area contributed by atoms with Gasteiger partial charge in [0.2, 0.25) is 0 Å². The minimum Gasteiger partial charge on any atom is -0.491 e. The summed E-state index contributed by atoms with van der Waals surface area (Å²) in [5.41, 5.74) is 2.44. The smallest absolute Gasteiger partial charge is 0.178 e. The van der Waals surface area contributed by atoms with E-state index in [0.29, 0.717) is 0 Å². The first-order chi connectivity index (χ1) is 17.5. The van der Waals surface area contributed by atoms with Crippen molar-refractivity contribution >= 4 is 16.8 Å². The molecule has 1 aliphatic rings. The Balaban J connectivity index is 1.58. The predicted octanol–water partition coefficient (Wildman–Crippen LogP) is 8.54. The van der Waals surface area contributed by atoms with Crippen LogP contribution < -0.4 is 14.2 Å². The Labute approximate surface area is 214 Å². The minimum absolute atomic E-state index is 0.175. The van der Waals surface area contributed by atoms with Gasteiger partial charge in [0, 0.05) is 16.7 Å². The van der Waals surface area contributed by atoms with Gasteiger partial charge in [-0.3, -0.25) is 0 Å². The largest absolute Gasteiger partial charge is 0.491 e. The molecule has 0 aliphatic carbocycles.